The Morgan fingerprint density at radius 1 is 1.35 bits per heavy atom. The summed E-state index contributed by atoms with van der Waals surface area (Å²) in [7, 11) is 0. The number of ether oxygens (including phenoxy) is 1. The number of fused-ring (bicyclic) bond motifs is 1. The Bertz CT molecular complexity index is 438. The monoisotopic (exact) mass is 276 g/mol. The van der Waals surface area contributed by atoms with Gasteiger partial charge in [-0.05, 0) is 25.0 Å². The van der Waals surface area contributed by atoms with Gasteiger partial charge < -0.3 is 9.84 Å². The van der Waals surface area contributed by atoms with Gasteiger partial charge in [0.25, 0.3) is 0 Å². The summed E-state index contributed by atoms with van der Waals surface area (Å²) in [4.78, 5) is 10.4. The van der Waals surface area contributed by atoms with E-state index in [0.29, 0.717) is 6.61 Å². The first-order chi connectivity index (χ1) is 9.69. The fourth-order valence-electron chi connectivity index (χ4n) is 2.02. The third kappa shape index (κ3) is 5.47. The van der Waals surface area contributed by atoms with Crippen LogP contribution in [0.15, 0.2) is 30.3 Å². The van der Waals surface area contributed by atoms with Crippen LogP contribution in [0.25, 0.3) is 6.08 Å². The van der Waals surface area contributed by atoms with Crippen molar-refractivity contribution in [2.75, 3.05) is 6.61 Å². The molecule has 1 unspecified atom stereocenters. The van der Waals surface area contributed by atoms with Crippen molar-refractivity contribution in [3.63, 3.8) is 0 Å². The normalized spacial score (nSPS) is 13.5. The summed E-state index contributed by atoms with van der Waals surface area (Å²) in [6.07, 6.45) is 7.81. The highest BCUT2D eigenvalue weighted by Crippen LogP contribution is 2.21. The molecule has 20 heavy (non-hydrogen) atoms. The molecule has 1 aromatic rings. The second-order valence-electron chi connectivity index (χ2n) is 4.84. The maximum Gasteiger partial charge on any atom is 0.306 e. The average Bonchev–Trinajstić information content (AvgIpc) is 2.48. The van der Waals surface area contributed by atoms with E-state index in [2.05, 4.69) is 13.0 Å². The number of carboxylic acid groups (broad SMARTS) is 1. The molecule has 0 saturated heterocycles. The lowest BCUT2D eigenvalue weighted by Crippen LogP contribution is -2.11. The van der Waals surface area contributed by atoms with Crippen molar-refractivity contribution >= 4 is 12.0 Å². The molecule has 0 bridgehead atoms. The van der Waals surface area contributed by atoms with Gasteiger partial charge in [-0.2, -0.15) is 0 Å². The van der Waals surface area contributed by atoms with Crippen LogP contribution in [0.3, 0.4) is 0 Å². The minimum absolute atomic E-state index is 0.111. The molecule has 0 fully saturated rings. The fraction of sp³-hybridized carbons (Fsp3) is 0.471. The van der Waals surface area contributed by atoms with E-state index in [9.17, 15) is 4.79 Å². The molecule has 1 heterocycles. The van der Waals surface area contributed by atoms with Gasteiger partial charge in [0.2, 0.25) is 0 Å². The summed E-state index contributed by atoms with van der Waals surface area (Å²) in [5, 5.41) is 8.60. The van der Waals surface area contributed by atoms with Gasteiger partial charge in [-0.15, -0.1) is 0 Å². The maximum absolute atomic E-state index is 10.4. The number of unbranched alkanes of at least 4 members (excludes halogenated alkanes) is 1. The minimum Gasteiger partial charge on any atom is -0.489 e. The molecule has 0 amide bonds. The second-order valence-corrected chi connectivity index (χ2v) is 4.84. The van der Waals surface area contributed by atoms with E-state index in [4.69, 9.17) is 9.84 Å². The van der Waals surface area contributed by atoms with Gasteiger partial charge >= 0.3 is 5.97 Å². The molecule has 0 aromatic heterocycles. The molecule has 1 N–H and O–H groups in total. The highest BCUT2D eigenvalue weighted by Gasteiger charge is 2.12. The van der Waals surface area contributed by atoms with E-state index in [1.807, 2.05) is 37.3 Å². The lowest BCUT2D eigenvalue weighted by Gasteiger charge is -2.10. The van der Waals surface area contributed by atoms with Crippen molar-refractivity contribution in [3.05, 3.63) is 35.9 Å². The number of hydrogen-bond donors (Lipinski definition) is 1. The summed E-state index contributed by atoms with van der Waals surface area (Å²) in [6, 6.07) is 8.03. The van der Waals surface area contributed by atoms with Crippen molar-refractivity contribution in [2.24, 2.45) is 5.92 Å². The predicted octanol–water partition coefficient (Wildman–Crippen LogP) is 4.38. The summed E-state index contributed by atoms with van der Waals surface area (Å²) >= 11 is 0. The van der Waals surface area contributed by atoms with Gasteiger partial charge in [0.05, 0.1) is 5.92 Å². The molecule has 1 aliphatic rings. The molecule has 0 spiro atoms. The van der Waals surface area contributed by atoms with Gasteiger partial charge in [-0.25, -0.2) is 0 Å². The Kier molecular flexibility index (Phi) is 7.48. The number of carboxylic acids is 1. The third-order valence-electron chi connectivity index (χ3n) is 3.30. The quantitative estimate of drug-likeness (QED) is 0.868. The van der Waals surface area contributed by atoms with Gasteiger partial charge in [0, 0.05) is 5.56 Å². The van der Waals surface area contributed by atoms with Crippen LogP contribution in [-0.4, -0.2) is 17.7 Å². The van der Waals surface area contributed by atoms with E-state index < -0.39 is 5.97 Å². The fourth-order valence-corrected chi connectivity index (χ4v) is 2.02. The first-order valence-electron chi connectivity index (χ1n) is 7.30. The van der Waals surface area contributed by atoms with Gasteiger partial charge in [-0.1, -0.05) is 51.0 Å². The zero-order valence-corrected chi connectivity index (χ0v) is 12.3. The van der Waals surface area contributed by atoms with Gasteiger partial charge in [0.15, 0.2) is 0 Å². The van der Waals surface area contributed by atoms with Crippen LogP contribution in [0.5, 0.6) is 5.75 Å². The molecule has 1 atom stereocenters. The first kappa shape index (κ1) is 16.3. The number of aliphatic carboxylic acids is 1. The largest absolute Gasteiger partial charge is 0.489 e. The Morgan fingerprint density at radius 3 is 2.70 bits per heavy atom. The molecule has 3 nitrogen and oxygen atoms in total. The van der Waals surface area contributed by atoms with Crippen molar-refractivity contribution < 1.29 is 14.6 Å². The molecular weight excluding hydrogens is 252 g/mol. The Labute approximate surface area is 121 Å². The topological polar surface area (TPSA) is 46.5 Å². The third-order valence-corrected chi connectivity index (χ3v) is 3.30. The van der Waals surface area contributed by atoms with Crippen molar-refractivity contribution in [1.82, 2.24) is 0 Å². The van der Waals surface area contributed by atoms with Crippen molar-refractivity contribution in [3.8, 4) is 5.75 Å². The minimum atomic E-state index is -0.643. The van der Waals surface area contributed by atoms with Crippen LogP contribution in [-0.2, 0) is 4.79 Å². The zero-order valence-electron chi connectivity index (χ0n) is 12.3. The molecule has 3 heteroatoms. The standard InChI is InChI=1S/C9H8O.C8H16O2/c1-2-6-9-8(4-1)5-3-7-10-9;1-3-5-6-7(4-2)8(9)10/h1-6H,7H2;7H,3-6H2,1-2H3,(H,9,10). The van der Waals surface area contributed by atoms with Crippen LogP contribution in [0.2, 0.25) is 0 Å². The molecule has 1 aliphatic heterocycles. The van der Waals surface area contributed by atoms with E-state index in [1.165, 1.54) is 5.56 Å². The van der Waals surface area contributed by atoms with Gasteiger partial charge in [-0.3, -0.25) is 4.79 Å². The maximum atomic E-state index is 10.4. The zero-order chi connectivity index (χ0) is 14.8. The highest BCUT2D eigenvalue weighted by molar-refractivity contribution is 5.69. The van der Waals surface area contributed by atoms with Crippen LogP contribution in [0.1, 0.15) is 45.1 Å². The Hall–Kier alpha value is -1.77. The predicted molar refractivity (Wildman–Crippen MR) is 81.9 cm³/mol. The second kappa shape index (κ2) is 9.18. The summed E-state index contributed by atoms with van der Waals surface area (Å²) in [5.74, 6) is 0.237. The van der Waals surface area contributed by atoms with E-state index in [0.717, 1.165) is 31.4 Å². The number of carbonyl (C=O) groups is 1. The number of para-hydroxylation sites is 1. The number of rotatable bonds is 5. The van der Waals surface area contributed by atoms with E-state index in [1.54, 1.807) is 0 Å². The number of hydrogen-bond acceptors (Lipinski definition) is 2. The summed E-state index contributed by atoms with van der Waals surface area (Å²) in [5.41, 5.74) is 1.17. The molecule has 0 radical (unpaired) electrons. The number of benzene rings is 1. The van der Waals surface area contributed by atoms with Crippen LogP contribution in [0, 0.1) is 5.92 Å². The summed E-state index contributed by atoms with van der Waals surface area (Å²) < 4.78 is 5.34. The van der Waals surface area contributed by atoms with E-state index >= 15 is 0 Å². The smallest absolute Gasteiger partial charge is 0.306 e. The highest BCUT2D eigenvalue weighted by atomic mass is 16.5. The van der Waals surface area contributed by atoms with Crippen molar-refractivity contribution in [1.29, 1.82) is 0 Å². The van der Waals surface area contributed by atoms with E-state index in [-0.39, 0.29) is 5.92 Å². The van der Waals surface area contributed by atoms with Crippen molar-refractivity contribution in [2.45, 2.75) is 39.5 Å². The molecule has 0 aliphatic carbocycles. The Morgan fingerprint density at radius 2 is 2.10 bits per heavy atom. The van der Waals surface area contributed by atoms with Crippen LogP contribution >= 0.6 is 0 Å². The van der Waals surface area contributed by atoms with Crippen LogP contribution < -0.4 is 4.74 Å². The molecule has 110 valence electrons. The molecule has 1 aromatic carbocycles. The molecule has 2 rings (SSSR count). The lowest BCUT2D eigenvalue weighted by molar-refractivity contribution is -0.142. The van der Waals surface area contributed by atoms with Crippen LogP contribution in [0.4, 0.5) is 0 Å². The van der Waals surface area contributed by atoms with Gasteiger partial charge in [0.1, 0.15) is 12.4 Å². The average molecular weight is 276 g/mol. The SMILES string of the molecule is C1=Cc2ccccc2OC1.CCCCC(CC)C(=O)O. The lowest BCUT2D eigenvalue weighted by atomic mass is 10.00. The Balaban J connectivity index is 0.000000200. The molecular formula is C17H24O3. The summed E-state index contributed by atoms with van der Waals surface area (Å²) in [6.45, 7) is 4.71. The molecule has 0 saturated carbocycles. The first-order valence-corrected chi connectivity index (χ1v) is 7.30.